The highest BCUT2D eigenvalue weighted by Crippen LogP contribution is 2.66. The molecule has 0 saturated heterocycles. The zero-order valence-corrected chi connectivity index (χ0v) is 19.3. The van der Waals surface area contributed by atoms with Crippen molar-refractivity contribution in [3.8, 4) is 0 Å². The molecule has 0 rings (SSSR count). The second kappa shape index (κ2) is 10.3. The summed E-state index contributed by atoms with van der Waals surface area (Å²) in [5, 5.41) is -6.69. The molecular formula is C11HF24IN2S. The van der Waals surface area contributed by atoms with Gasteiger partial charge in [0, 0.05) is 18.2 Å². The molecule has 0 radical (unpaired) electrons. The van der Waals surface area contributed by atoms with Crippen LogP contribution < -0.4 is 24.0 Å². The number of nitrogens with zero attached hydrogens (tertiary/aromatic N) is 2. The van der Waals surface area contributed by atoms with Crippen LogP contribution in [0, 0.1) is 0 Å². The summed E-state index contributed by atoms with van der Waals surface area (Å²) in [6, 6.07) is -8.03. The molecule has 0 aliphatic heterocycles. The van der Waals surface area contributed by atoms with Gasteiger partial charge in [0.15, 0.2) is 0 Å². The summed E-state index contributed by atoms with van der Waals surface area (Å²) in [5.41, 5.74) is 0. The number of rotatable bonds is 9. The minimum Gasteiger partial charge on any atom is -1.00 e. The van der Waals surface area contributed by atoms with Crippen molar-refractivity contribution in [1.82, 2.24) is 5.34 Å². The molecule has 39 heavy (non-hydrogen) atoms. The van der Waals surface area contributed by atoms with Gasteiger partial charge >= 0.3 is 64.8 Å². The van der Waals surface area contributed by atoms with E-state index in [1.807, 2.05) is 12.6 Å². The molecule has 0 amide bonds. The number of alkyl halides is 21. The van der Waals surface area contributed by atoms with Crippen LogP contribution in [-0.2, 0) is 0 Å². The van der Waals surface area contributed by atoms with Crippen molar-refractivity contribution in [2.75, 3.05) is 0 Å². The van der Waals surface area contributed by atoms with Gasteiger partial charge in [0.05, 0.1) is 0 Å². The van der Waals surface area contributed by atoms with E-state index >= 15 is 0 Å². The lowest BCUT2D eigenvalue weighted by molar-refractivity contribution is -0.837. The van der Waals surface area contributed by atoms with E-state index in [1.165, 1.54) is 0 Å². The summed E-state index contributed by atoms with van der Waals surface area (Å²) >= 11 is 1.92. The molecule has 2 nitrogen and oxygen atoms in total. The van der Waals surface area contributed by atoms with Crippen molar-refractivity contribution in [1.29, 1.82) is 0 Å². The Morgan fingerprint density at radius 1 is 0.436 bits per heavy atom. The Kier molecular flexibility index (Phi) is 10.6. The first-order valence-corrected chi connectivity index (χ1v) is 8.07. The first-order chi connectivity index (χ1) is 16.0. The van der Waals surface area contributed by atoms with Crippen LogP contribution in [0.4, 0.5) is 106 Å². The minimum atomic E-state index is -9.43. The van der Waals surface area contributed by atoms with E-state index in [-0.39, 0.29) is 24.0 Å². The molecule has 28 heteroatoms. The second-order valence-electron chi connectivity index (χ2n) is 6.45. The maximum absolute atomic E-state index is 13.5. The predicted molar refractivity (Wildman–Crippen MR) is 70.0 cm³/mol. The monoisotopic (exact) mass is 776 g/mol. The van der Waals surface area contributed by atoms with Crippen LogP contribution in [0.25, 0.3) is 0 Å². The Morgan fingerprint density at radius 3 is 0.846 bits per heavy atom. The van der Waals surface area contributed by atoms with Gasteiger partial charge in [0.2, 0.25) is 0 Å². The molecule has 0 aliphatic rings. The molecule has 0 saturated carbocycles. The summed E-state index contributed by atoms with van der Waals surface area (Å²) in [4.78, 5) is -3.71. The number of amidine groups is 1. The third-order valence-corrected chi connectivity index (χ3v) is 4.39. The van der Waals surface area contributed by atoms with Gasteiger partial charge in [0.25, 0.3) is 0 Å². The Balaban J connectivity index is 0. The molecule has 0 spiro atoms. The fourth-order valence-electron chi connectivity index (χ4n) is 1.87. The molecule has 0 aliphatic carbocycles. The lowest BCUT2D eigenvalue weighted by Crippen LogP contribution is -3.00. The molecule has 0 unspecified atom stereocenters. The summed E-state index contributed by atoms with van der Waals surface area (Å²) in [5.74, 6) is -72.9. The first kappa shape index (κ1) is 40.0. The zero-order valence-electron chi connectivity index (χ0n) is 16.3. The van der Waals surface area contributed by atoms with Gasteiger partial charge in [-0.25, -0.2) is 0 Å². The largest absolute Gasteiger partial charge is 1.00 e. The maximum Gasteiger partial charge on any atom is 0.499 e. The van der Waals surface area contributed by atoms with Crippen molar-refractivity contribution >= 4 is 17.8 Å². The number of hydrogen-bond acceptors (Lipinski definition) is 0. The van der Waals surface area contributed by atoms with Gasteiger partial charge in [-0.2, -0.15) is 92.2 Å². The Morgan fingerprint density at radius 2 is 0.641 bits per heavy atom. The van der Waals surface area contributed by atoms with E-state index in [1.54, 1.807) is 0 Å². The fourth-order valence-corrected chi connectivity index (χ4v) is 1.99. The Bertz CT molecular complexity index is 920. The van der Waals surface area contributed by atoms with Gasteiger partial charge in [0.1, 0.15) is 5.34 Å². The molecule has 236 valence electrons. The van der Waals surface area contributed by atoms with Gasteiger partial charge in [-0.1, -0.05) is 0 Å². The van der Waals surface area contributed by atoms with E-state index in [9.17, 15) is 106 Å². The standard InChI is InChI=1S/C11F24N2S.HI/c12-2(13,4(16,17)6(20,21)8(24,25)10(28,29)30)3(14,15)5(18,19)7(22,23)9(26,27)11(31,32)36(33)1(38)37(34)35;/h;1H. The van der Waals surface area contributed by atoms with Crippen LogP contribution in [-0.4, -0.2) is 74.9 Å². The lowest BCUT2D eigenvalue weighted by Gasteiger charge is -2.43. The lowest BCUT2D eigenvalue weighted by atomic mass is 9.87. The van der Waals surface area contributed by atoms with Gasteiger partial charge in [-0.05, 0) is 12.6 Å². The van der Waals surface area contributed by atoms with Crippen molar-refractivity contribution in [2.24, 2.45) is 0 Å². The SMILES string of the molecule is FN(F)C(S)=[N+](F)C(F)(F)C(F)(F)C(F)(F)C(F)(F)C(F)(F)C(F)(F)C(F)(F)C(F)(F)C(F)(F)C(F)(F)F.[I-]. The zero-order chi connectivity index (χ0) is 31.7. The van der Waals surface area contributed by atoms with E-state index in [2.05, 4.69) is 0 Å². The molecule has 0 aromatic carbocycles. The highest BCUT2D eigenvalue weighted by atomic mass is 127. The summed E-state index contributed by atoms with van der Waals surface area (Å²) in [6.07, 6.45) is -8.11. The van der Waals surface area contributed by atoms with Crippen molar-refractivity contribution in [2.45, 2.75) is 59.6 Å². The first-order valence-electron chi connectivity index (χ1n) is 7.62. The average Bonchev–Trinajstić information content (AvgIpc) is 2.70. The van der Waals surface area contributed by atoms with Crippen LogP contribution in [0.5, 0.6) is 0 Å². The van der Waals surface area contributed by atoms with Crippen LogP contribution in [0.15, 0.2) is 0 Å². The third-order valence-electron chi connectivity index (χ3n) is 4.07. The van der Waals surface area contributed by atoms with Crippen molar-refractivity contribution in [3.05, 3.63) is 0 Å². The molecule has 0 bridgehead atoms. The van der Waals surface area contributed by atoms with E-state index < -0.39 is 74.9 Å². The number of hydrogen-bond donors (Lipinski definition) is 1. The summed E-state index contributed by atoms with van der Waals surface area (Å²) in [6.45, 7) is 0. The Labute approximate surface area is 217 Å². The van der Waals surface area contributed by atoms with Gasteiger partial charge in [-0.3, -0.25) is 0 Å². The second-order valence-corrected chi connectivity index (χ2v) is 6.85. The molecule has 0 heterocycles. The highest BCUT2D eigenvalue weighted by molar-refractivity contribution is 7.96. The minimum absolute atomic E-state index is 0. The van der Waals surface area contributed by atoms with Crippen LogP contribution in [0.3, 0.4) is 0 Å². The van der Waals surface area contributed by atoms with E-state index in [4.69, 9.17) is 0 Å². The number of thiol groups is 1. The predicted octanol–water partition coefficient (Wildman–Crippen LogP) is 4.48. The molecule has 0 fully saturated rings. The Hall–Kier alpha value is -1.13. The summed E-state index contributed by atoms with van der Waals surface area (Å²) in [7, 11) is 0. The molecule has 0 aromatic rings. The van der Waals surface area contributed by atoms with Crippen LogP contribution >= 0.6 is 12.6 Å². The van der Waals surface area contributed by atoms with Crippen molar-refractivity contribution in [3.63, 3.8) is 0 Å². The molecular weight excluding hydrogens is 775 g/mol. The van der Waals surface area contributed by atoms with Crippen LogP contribution in [0.1, 0.15) is 0 Å². The van der Waals surface area contributed by atoms with Crippen molar-refractivity contribution < 1.29 is 134 Å². The molecule has 0 aromatic heterocycles. The van der Waals surface area contributed by atoms with E-state index in [0.717, 1.165) is 0 Å². The smallest absolute Gasteiger partial charge is 0.499 e. The van der Waals surface area contributed by atoms with E-state index in [0.29, 0.717) is 0 Å². The number of halogens is 25. The van der Waals surface area contributed by atoms with Crippen LogP contribution in [0.2, 0.25) is 0 Å². The molecule has 0 atom stereocenters. The quantitative estimate of drug-likeness (QED) is 0.0691. The topological polar surface area (TPSA) is 6.25 Å². The maximum atomic E-state index is 13.5. The highest BCUT2D eigenvalue weighted by Gasteiger charge is 2.98. The normalized spacial score (nSPS) is 16.5. The average molecular weight is 776 g/mol. The third kappa shape index (κ3) is 5.09. The van der Waals surface area contributed by atoms with Gasteiger partial charge in [-0.15, -0.1) is 0 Å². The fraction of sp³-hybridized carbons (Fsp3) is 0.909. The molecule has 0 N–H and O–H groups in total. The summed E-state index contributed by atoms with van der Waals surface area (Å²) < 4.78 is 311. The van der Waals surface area contributed by atoms with Gasteiger partial charge < -0.3 is 24.0 Å².